The van der Waals surface area contributed by atoms with Gasteiger partial charge in [-0.1, -0.05) is 25.0 Å². The number of hydrogen-bond donors (Lipinski definition) is 0. The van der Waals surface area contributed by atoms with Gasteiger partial charge in [0, 0.05) is 0 Å². The second-order valence-corrected chi connectivity index (χ2v) is 3.37. The van der Waals surface area contributed by atoms with E-state index in [1.807, 2.05) is 0 Å². The van der Waals surface area contributed by atoms with Crippen molar-refractivity contribution in [3.8, 4) is 0 Å². The molecule has 1 fully saturated rings. The van der Waals surface area contributed by atoms with E-state index < -0.39 is 0 Å². The molecule has 0 heterocycles. The Kier molecular flexibility index (Phi) is 1.33. The molecule has 0 N–H and O–H groups in total. The number of allylic oxidation sites excluding steroid dienone is 2. The lowest BCUT2D eigenvalue weighted by atomic mass is 9.82. The summed E-state index contributed by atoms with van der Waals surface area (Å²) in [5, 5.41) is 0. The van der Waals surface area contributed by atoms with Crippen molar-refractivity contribution in [2.45, 2.75) is 32.1 Å². The van der Waals surface area contributed by atoms with Crippen molar-refractivity contribution in [1.82, 2.24) is 0 Å². The van der Waals surface area contributed by atoms with Crippen molar-refractivity contribution in [3.63, 3.8) is 0 Å². The average Bonchev–Trinajstić information content (AvgIpc) is 2.33. The summed E-state index contributed by atoms with van der Waals surface area (Å²) in [4.78, 5) is 0. The molecule has 0 spiro atoms. The quantitative estimate of drug-likeness (QED) is 0.433. The Hall–Kier alpha value is -0.260. The summed E-state index contributed by atoms with van der Waals surface area (Å²) in [5.41, 5.74) is 0. The number of fused-ring (bicyclic) bond motifs is 1. The van der Waals surface area contributed by atoms with Crippen LogP contribution in [0.3, 0.4) is 0 Å². The fourth-order valence-electron chi connectivity index (χ4n) is 2.21. The highest BCUT2D eigenvalue weighted by Crippen LogP contribution is 2.37. The minimum Gasteiger partial charge on any atom is -0.0880 e. The molecule has 2 aliphatic rings. The minimum absolute atomic E-state index is 0.985. The number of hydrogen-bond acceptors (Lipinski definition) is 0. The van der Waals surface area contributed by atoms with E-state index in [-0.39, 0.29) is 0 Å². The Morgan fingerprint density at radius 2 is 2.00 bits per heavy atom. The van der Waals surface area contributed by atoms with Crippen LogP contribution in [0.4, 0.5) is 0 Å². The molecule has 2 atom stereocenters. The van der Waals surface area contributed by atoms with Crippen molar-refractivity contribution in [3.05, 3.63) is 12.2 Å². The third kappa shape index (κ3) is 0.910. The highest BCUT2D eigenvalue weighted by Gasteiger charge is 2.24. The first-order valence-corrected chi connectivity index (χ1v) is 4.13. The van der Waals surface area contributed by atoms with Crippen LogP contribution in [0, 0.1) is 11.8 Å². The maximum absolute atomic E-state index is 2.43. The standard InChI is InChI=1S/C9H14/c1-2-5-9-7-3-6-8(9)4-1/h3,6,8-9H,1-2,4-5,7H2/t8-,9?/m1/s1. The SMILES string of the molecule is C1=C[C@H]2CCCCC2C1. The van der Waals surface area contributed by atoms with Gasteiger partial charge in [-0.25, -0.2) is 0 Å². The fraction of sp³-hybridized carbons (Fsp3) is 0.778. The van der Waals surface area contributed by atoms with Crippen LogP contribution in [0.1, 0.15) is 32.1 Å². The van der Waals surface area contributed by atoms with Crippen LogP contribution in [0.25, 0.3) is 0 Å². The molecule has 0 amide bonds. The predicted octanol–water partition coefficient (Wildman–Crippen LogP) is 2.75. The minimum atomic E-state index is 0.985. The van der Waals surface area contributed by atoms with Crippen LogP contribution in [-0.2, 0) is 0 Å². The van der Waals surface area contributed by atoms with Crippen molar-refractivity contribution >= 4 is 0 Å². The van der Waals surface area contributed by atoms with Gasteiger partial charge >= 0.3 is 0 Å². The van der Waals surface area contributed by atoms with Gasteiger partial charge in [0.25, 0.3) is 0 Å². The maximum Gasteiger partial charge on any atom is -0.0202 e. The Balaban J connectivity index is 2.03. The Bertz CT molecular complexity index is 124. The third-order valence-electron chi connectivity index (χ3n) is 2.79. The van der Waals surface area contributed by atoms with E-state index in [0.717, 1.165) is 11.8 Å². The van der Waals surface area contributed by atoms with Gasteiger partial charge in [-0.05, 0) is 31.1 Å². The summed E-state index contributed by atoms with van der Waals surface area (Å²) >= 11 is 0. The zero-order valence-electron chi connectivity index (χ0n) is 5.84. The second kappa shape index (κ2) is 2.17. The van der Waals surface area contributed by atoms with Crippen molar-refractivity contribution < 1.29 is 0 Å². The lowest BCUT2D eigenvalue weighted by molar-refractivity contribution is 0.304. The first-order valence-electron chi connectivity index (χ1n) is 4.13. The molecule has 0 aliphatic heterocycles. The molecule has 0 aromatic rings. The van der Waals surface area contributed by atoms with E-state index in [0.29, 0.717) is 0 Å². The van der Waals surface area contributed by atoms with E-state index in [1.165, 1.54) is 32.1 Å². The van der Waals surface area contributed by atoms with Gasteiger partial charge in [-0.15, -0.1) is 0 Å². The zero-order chi connectivity index (χ0) is 6.10. The molecule has 0 aromatic heterocycles. The monoisotopic (exact) mass is 122 g/mol. The lowest BCUT2D eigenvalue weighted by Crippen LogP contribution is -2.12. The molecule has 0 saturated heterocycles. The smallest absolute Gasteiger partial charge is 0.0202 e. The Morgan fingerprint density at radius 1 is 1.11 bits per heavy atom. The van der Waals surface area contributed by atoms with Gasteiger partial charge < -0.3 is 0 Å². The summed E-state index contributed by atoms with van der Waals surface area (Å²) < 4.78 is 0. The van der Waals surface area contributed by atoms with E-state index in [2.05, 4.69) is 12.2 Å². The van der Waals surface area contributed by atoms with E-state index in [9.17, 15) is 0 Å². The van der Waals surface area contributed by atoms with Crippen LogP contribution in [0.2, 0.25) is 0 Å². The molecule has 0 bridgehead atoms. The lowest BCUT2D eigenvalue weighted by Gasteiger charge is -2.23. The van der Waals surface area contributed by atoms with Crippen LogP contribution in [-0.4, -0.2) is 0 Å². The maximum atomic E-state index is 2.43. The van der Waals surface area contributed by atoms with Gasteiger partial charge in [-0.3, -0.25) is 0 Å². The molecule has 9 heavy (non-hydrogen) atoms. The van der Waals surface area contributed by atoms with Gasteiger partial charge in [0.15, 0.2) is 0 Å². The first-order chi connectivity index (χ1) is 4.47. The summed E-state index contributed by atoms with van der Waals surface area (Å²) in [6.07, 6.45) is 12.1. The van der Waals surface area contributed by atoms with Gasteiger partial charge in [-0.2, -0.15) is 0 Å². The third-order valence-corrected chi connectivity index (χ3v) is 2.79. The van der Waals surface area contributed by atoms with Crippen molar-refractivity contribution in [1.29, 1.82) is 0 Å². The topological polar surface area (TPSA) is 0 Å². The molecular formula is C9H14. The summed E-state index contributed by atoms with van der Waals surface area (Å²) in [6.45, 7) is 0. The number of rotatable bonds is 0. The van der Waals surface area contributed by atoms with Crippen LogP contribution >= 0.6 is 0 Å². The van der Waals surface area contributed by atoms with Gasteiger partial charge in [0.2, 0.25) is 0 Å². The van der Waals surface area contributed by atoms with Gasteiger partial charge in [0.05, 0.1) is 0 Å². The predicted molar refractivity (Wildman–Crippen MR) is 39.2 cm³/mol. The molecule has 0 radical (unpaired) electrons. The molecule has 2 rings (SSSR count). The first kappa shape index (κ1) is 5.52. The van der Waals surface area contributed by atoms with Gasteiger partial charge in [0.1, 0.15) is 0 Å². The molecule has 0 heteroatoms. The highest BCUT2D eigenvalue weighted by molar-refractivity contribution is 5.02. The molecule has 2 aliphatic carbocycles. The molecule has 50 valence electrons. The van der Waals surface area contributed by atoms with Crippen molar-refractivity contribution in [2.24, 2.45) is 11.8 Å². The van der Waals surface area contributed by atoms with Crippen LogP contribution in [0.5, 0.6) is 0 Å². The molecule has 0 nitrogen and oxygen atoms in total. The van der Waals surface area contributed by atoms with Crippen molar-refractivity contribution in [2.75, 3.05) is 0 Å². The zero-order valence-corrected chi connectivity index (χ0v) is 5.84. The van der Waals surface area contributed by atoms with Crippen LogP contribution < -0.4 is 0 Å². The summed E-state index contributed by atoms with van der Waals surface area (Å²) in [7, 11) is 0. The molecule has 1 unspecified atom stereocenters. The van der Waals surface area contributed by atoms with E-state index in [4.69, 9.17) is 0 Å². The summed E-state index contributed by atoms with van der Waals surface area (Å²) in [5.74, 6) is 2.04. The van der Waals surface area contributed by atoms with E-state index in [1.54, 1.807) is 0 Å². The Labute approximate surface area is 57.0 Å². The molecular weight excluding hydrogens is 108 g/mol. The average molecular weight is 122 g/mol. The summed E-state index contributed by atoms with van der Waals surface area (Å²) in [6, 6.07) is 0. The van der Waals surface area contributed by atoms with Crippen LogP contribution in [0.15, 0.2) is 12.2 Å². The Morgan fingerprint density at radius 3 is 2.89 bits per heavy atom. The fourth-order valence-corrected chi connectivity index (χ4v) is 2.21. The largest absolute Gasteiger partial charge is 0.0880 e. The van der Waals surface area contributed by atoms with E-state index >= 15 is 0 Å². The molecule has 0 aromatic carbocycles. The highest BCUT2D eigenvalue weighted by atomic mass is 14.3. The second-order valence-electron chi connectivity index (χ2n) is 3.37. The molecule has 1 saturated carbocycles. The normalized spacial score (nSPS) is 40.9.